The van der Waals surface area contributed by atoms with Crippen LogP contribution in [0, 0.1) is 0 Å². The van der Waals surface area contributed by atoms with Gasteiger partial charge in [0.2, 0.25) is 0 Å². The second kappa shape index (κ2) is 7.51. The lowest BCUT2D eigenvalue weighted by molar-refractivity contribution is 0.310. The van der Waals surface area contributed by atoms with Crippen LogP contribution >= 0.6 is 11.3 Å². The molecule has 0 bridgehead atoms. The first-order valence-electron chi connectivity index (χ1n) is 8.15. The van der Waals surface area contributed by atoms with Crippen LogP contribution in [-0.4, -0.2) is 6.61 Å². The number of hydrogen-bond donors (Lipinski definition) is 0. The normalized spacial score (nSPS) is 10.9. The number of hydrogen-bond acceptors (Lipinski definition) is 3. The summed E-state index contributed by atoms with van der Waals surface area (Å²) in [6, 6.07) is 16.9. The molecule has 3 heteroatoms. The number of aryl methyl sites for hydroxylation is 1. The molecular formula is C20H22O2S. The number of thiophene rings is 1. The van der Waals surface area contributed by atoms with Crippen molar-refractivity contribution in [1.82, 2.24) is 0 Å². The van der Waals surface area contributed by atoms with Gasteiger partial charge in [-0.25, -0.2) is 0 Å². The minimum Gasteiger partial charge on any atom is -0.494 e. The van der Waals surface area contributed by atoms with Gasteiger partial charge in [-0.05, 0) is 60.7 Å². The van der Waals surface area contributed by atoms with Crippen LogP contribution < -0.4 is 9.47 Å². The van der Waals surface area contributed by atoms with E-state index in [9.17, 15) is 0 Å². The second-order valence-electron chi connectivity index (χ2n) is 5.53. The van der Waals surface area contributed by atoms with Gasteiger partial charge in [0.1, 0.15) is 18.1 Å². The molecule has 0 spiro atoms. The van der Waals surface area contributed by atoms with E-state index in [-0.39, 0.29) is 0 Å². The zero-order valence-corrected chi connectivity index (χ0v) is 14.5. The molecule has 1 heterocycles. The van der Waals surface area contributed by atoms with Gasteiger partial charge < -0.3 is 9.47 Å². The molecule has 0 amide bonds. The Morgan fingerprint density at radius 1 is 0.870 bits per heavy atom. The summed E-state index contributed by atoms with van der Waals surface area (Å²) in [7, 11) is 0. The zero-order chi connectivity index (χ0) is 16.1. The van der Waals surface area contributed by atoms with Crippen molar-refractivity contribution in [2.75, 3.05) is 6.61 Å². The van der Waals surface area contributed by atoms with Crippen molar-refractivity contribution in [3.63, 3.8) is 0 Å². The summed E-state index contributed by atoms with van der Waals surface area (Å²) in [5.41, 5.74) is 1.37. The lowest BCUT2D eigenvalue weighted by Crippen LogP contribution is -1.93. The van der Waals surface area contributed by atoms with E-state index in [1.165, 1.54) is 26.9 Å². The molecule has 0 aliphatic rings. The maximum atomic E-state index is 5.91. The Morgan fingerprint density at radius 2 is 1.65 bits per heavy atom. The minimum absolute atomic E-state index is 0.608. The van der Waals surface area contributed by atoms with E-state index in [1.807, 2.05) is 13.0 Å². The molecule has 0 saturated heterocycles. The van der Waals surface area contributed by atoms with Gasteiger partial charge in [-0.15, -0.1) is 11.3 Å². The van der Waals surface area contributed by atoms with E-state index in [1.54, 1.807) is 11.3 Å². The summed E-state index contributed by atoms with van der Waals surface area (Å²) in [6.45, 7) is 5.50. The highest BCUT2D eigenvalue weighted by Crippen LogP contribution is 2.30. The van der Waals surface area contributed by atoms with Crippen LogP contribution in [0.25, 0.3) is 10.1 Å². The molecule has 0 unspecified atom stereocenters. The molecule has 23 heavy (non-hydrogen) atoms. The predicted molar refractivity (Wildman–Crippen MR) is 97.8 cm³/mol. The van der Waals surface area contributed by atoms with Crippen LogP contribution in [0.15, 0.2) is 48.5 Å². The average Bonchev–Trinajstić information content (AvgIpc) is 2.97. The molecule has 0 aliphatic carbocycles. The van der Waals surface area contributed by atoms with E-state index in [0.717, 1.165) is 17.9 Å². The molecule has 0 aliphatic heterocycles. The molecule has 0 saturated carbocycles. The molecule has 2 aromatic carbocycles. The molecule has 120 valence electrons. The lowest BCUT2D eigenvalue weighted by atomic mass is 10.1. The first-order chi connectivity index (χ1) is 11.3. The van der Waals surface area contributed by atoms with Crippen molar-refractivity contribution >= 4 is 21.4 Å². The smallest absolute Gasteiger partial charge is 0.122 e. The summed E-state index contributed by atoms with van der Waals surface area (Å²) in [4.78, 5) is 1.23. The monoisotopic (exact) mass is 326 g/mol. The molecule has 0 atom stereocenters. The fraction of sp³-hybridized carbons (Fsp3) is 0.300. The van der Waals surface area contributed by atoms with Crippen molar-refractivity contribution in [1.29, 1.82) is 0 Å². The Hall–Kier alpha value is -2.00. The van der Waals surface area contributed by atoms with E-state index in [0.29, 0.717) is 13.2 Å². The van der Waals surface area contributed by atoms with Crippen LogP contribution in [0.1, 0.15) is 30.7 Å². The third-order valence-electron chi connectivity index (χ3n) is 3.70. The Morgan fingerprint density at radius 3 is 2.39 bits per heavy atom. The Balaban J connectivity index is 1.66. The highest BCUT2D eigenvalue weighted by Gasteiger charge is 2.05. The summed E-state index contributed by atoms with van der Waals surface area (Å²) in [6.07, 6.45) is 2.30. The minimum atomic E-state index is 0.608. The van der Waals surface area contributed by atoms with Gasteiger partial charge in [0.15, 0.2) is 0 Å². The van der Waals surface area contributed by atoms with Gasteiger partial charge in [0, 0.05) is 9.58 Å². The SMILES string of the molecule is CCCc1ccc(OCc2cc3ccc(OCC)cc3s2)cc1. The summed E-state index contributed by atoms with van der Waals surface area (Å²) in [5, 5.41) is 1.25. The first kappa shape index (κ1) is 15.9. The van der Waals surface area contributed by atoms with Crippen molar-refractivity contribution < 1.29 is 9.47 Å². The number of benzene rings is 2. The number of fused-ring (bicyclic) bond motifs is 1. The molecular weight excluding hydrogens is 304 g/mol. The molecule has 0 fully saturated rings. The first-order valence-corrected chi connectivity index (χ1v) is 8.97. The molecule has 2 nitrogen and oxygen atoms in total. The quantitative estimate of drug-likeness (QED) is 0.543. The average molecular weight is 326 g/mol. The van der Waals surface area contributed by atoms with E-state index in [2.05, 4.69) is 49.4 Å². The summed E-state index contributed by atoms with van der Waals surface area (Å²) < 4.78 is 12.7. The van der Waals surface area contributed by atoms with Crippen molar-refractivity contribution in [3.8, 4) is 11.5 Å². The van der Waals surface area contributed by atoms with E-state index >= 15 is 0 Å². The van der Waals surface area contributed by atoms with E-state index in [4.69, 9.17) is 9.47 Å². The fourth-order valence-electron chi connectivity index (χ4n) is 2.59. The Bertz CT molecular complexity index is 759. The van der Waals surface area contributed by atoms with Gasteiger partial charge in [0.25, 0.3) is 0 Å². The van der Waals surface area contributed by atoms with Gasteiger partial charge >= 0.3 is 0 Å². The number of rotatable bonds is 7. The maximum Gasteiger partial charge on any atom is 0.122 e. The molecule has 3 aromatic rings. The van der Waals surface area contributed by atoms with Crippen LogP contribution in [0.5, 0.6) is 11.5 Å². The summed E-state index contributed by atoms with van der Waals surface area (Å²) >= 11 is 1.76. The fourth-order valence-corrected chi connectivity index (χ4v) is 3.60. The zero-order valence-electron chi connectivity index (χ0n) is 13.7. The van der Waals surface area contributed by atoms with Gasteiger partial charge in [-0.3, -0.25) is 0 Å². The van der Waals surface area contributed by atoms with Crippen molar-refractivity contribution in [2.45, 2.75) is 33.3 Å². The molecule has 1 aromatic heterocycles. The Kier molecular flexibility index (Phi) is 5.19. The Labute approximate surface area is 141 Å². The molecule has 0 radical (unpaired) electrons. The maximum absolute atomic E-state index is 5.91. The third kappa shape index (κ3) is 4.05. The molecule has 3 rings (SSSR count). The lowest BCUT2D eigenvalue weighted by Gasteiger charge is -2.05. The predicted octanol–water partition coefficient (Wildman–Crippen LogP) is 5.83. The third-order valence-corrected chi connectivity index (χ3v) is 4.77. The van der Waals surface area contributed by atoms with Crippen molar-refractivity contribution in [2.24, 2.45) is 0 Å². The van der Waals surface area contributed by atoms with Gasteiger partial charge in [-0.1, -0.05) is 25.5 Å². The highest BCUT2D eigenvalue weighted by atomic mass is 32.1. The highest BCUT2D eigenvalue weighted by molar-refractivity contribution is 7.19. The van der Waals surface area contributed by atoms with Crippen LogP contribution in [0.4, 0.5) is 0 Å². The van der Waals surface area contributed by atoms with Gasteiger partial charge in [0.05, 0.1) is 6.61 Å². The standard InChI is InChI=1S/C20H22O2S/c1-3-5-15-6-9-17(10-7-15)22-14-19-12-16-8-11-18(21-4-2)13-20(16)23-19/h6-13H,3-5,14H2,1-2H3. The number of ether oxygens (including phenoxy) is 2. The van der Waals surface area contributed by atoms with Crippen LogP contribution in [0.3, 0.4) is 0 Å². The largest absolute Gasteiger partial charge is 0.494 e. The molecule has 0 N–H and O–H groups in total. The van der Waals surface area contributed by atoms with Gasteiger partial charge in [-0.2, -0.15) is 0 Å². The van der Waals surface area contributed by atoms with Crippen molar-refractivity contribution in [3.05, 3.63) is 59.0 Å². The van der Waals surface area contributed by atoms with E-state index < -0.39 is 0 Å². The second-order valence-corrected chi connectivity index (χ2v) is 6.70. The van der Waals surface area contributed by atoms with Crippen LogP contribution in [-0.2, 0) is 13.0 Å². The topological polar surface area (TPSA) is 18.5 Å². The summed E-state index contributed by atoms with van der Waals surface area (Å²) in [5.74, 6) is 1.86. The van der Waals surface area contributed by atoms with Crippen LogP contribution in [0.2, 0.25) is 0 Å².